The lowest BCUT2D eigenvalue weighted by Crippen LogP contribution is -2.38. The van der Waals surface area contributed by atoms with Gasteiger partial charge in [-0.3, -0.25) is 10.6 Å². The molecule has 1 aromatic carbocycles. The Balaban J connectivity index is 2.33. The lowest BCUT2D eigenvalue weighted by atomic mass is 9.98. The Kier molecular flexibility index (Phi) is 4.41. The fourth-order valence-electron chi connectivity index (χ4n) is 2.50. The zero-order valence-electron chi connectivity index (χ0n) is 11.7. The number of carbonyl (C=O) groups is 1. The van der Waals surface area contributed by atoms with Gasteiger partial charge in [0.25, 0.3) is 5.91 Å². The predicted molar refractivity (Wildman–Crippen MR) is 73.6 cm³/mol. The Morgan fingerprint density at radius 3 is 2.48 bits per heavy atom. The van der Waals surface area contributed by atoms with Crippen molar-refractivity contribution in [3.63, 3.8) is 0 Å². The van der Waals surface area contributed by atoms with Crippen molar-refractivity contribution in [3.8, 4) is 0 Å². The second kappa shape index (κ2) is 5.93. The van der Waals surface area contributed by atoms with Crippen LogP contribution in [0.4, 0.5) is 18.9 Å². The first-order valence-corrected chi connectivity index (χ1v) is 6.80. The van der Waals surface area contributed by atoms with Crippen LogP contribution in [0.15, 0.2) is 18.2 Å². The zero-order chi connectivity index (χ0) is 15.6. The van der Waals surface area contributed by atoms with Crippen LogP contribution >= 0.6 is 0 Å². The van der Waals surface area contributed by atoms with E-state index in [0.717, 1.165) is 18.9 Å². The normalized spacial score (nSPS) is 16.9. The molecule has 116 valence electrons. The van der Waals surface area contributed by atoms with Gasteiger partial charge in [0.1, 0.15) is 0 Å². The molecule has 0 bridgehead atoms. The van der Waals surface area contributed by atoms with Crippen LogP contribution in [0.3, 0.4) is 0 Å². The van der Waals surface area contributed by atoms with Crippen molar-refractivity contribution >= 4 is 11.6 Å². The summed E-state index contributed by atoms with van der Waals surface area (Å²) in [7, 11) is 0. The van der Waals surface area contributed by atoms with Crippen molar-refractivity contribution in [1.82, 2.24) is 4.90 Å². The molecule has 1 aromatic rings. The van der Waals surface area contributed by atoms with Crippen molar-refractivity contribution < 1.29 is 18.0 Å². The van der Waals surface area contributed by atoms with Gasteiger partial charge >= 0.3 is 6.18 Å². The average molecular weight is 301 g/mol. The van der Waals surface area contributed by atoms with E-state index in [1.54, 1.807) is 4.90 Å². The number of rotatable bonds is 2. The van der Waals surface area contributed by atoms with E-state index in [1.807, 2.05) is 5.43 Å². The van der Waals surface area contributed by atoms with Gasteiger partial charge in [-0.2, -0.15) is 13.2 Å². The number of carbonyl (C=O) groups excluding carboxylic acids is 1. The molecule has 0 aliphatic carbocycles. The number of para-hydroxylation sites is 1. The average Bonchev–Trinajstić information content (AvgIpc) is 2.45. The van der Waals surface area contributed by atoms with E-state index in [-0.39, 0.29) is 11.3 Å². The van der Waals surface area contributed by atoms with Gasteiger partial charge in [0.15, 0.2) is 0 Å². The molecule has 1 aliphatic heterocycles. The fraction of sp³-hybridized carbons (Fsp3) is 0.500. The van der Waals surface area contributed by atoms with Crippen molar-refractivity contribution in [2.45, 2.75) is 25.9 Å². The second-order valence-corrected chi connectivity index (χ2v) is 5.34. The van der Waals surface area contributed by atoms with Crippen molar-refractivity contribution in [3.05, 3.63) is 29.3 Å². The van der Waals surface area contributed by atoms with Gasteiger partial charge in [0.05, 0.1) is 16.8 Å². The molecule has 0 saturated carbocycles. The molecule has 0 unspecified atom stereocenters. The van der Waals surface area contributed by atoms with Gasteiger partial charge in [-0.15, -0.1) is 0 Å². The Bertz CT molecular complexity index is 523. The number of amides is 1. The standard InChI is InChI=1S/C14H18F3N3O/c1-9-5-7-20(8-6-9)13(21)10-3-2-4-11(12(10)19-18)14(15,16)17/h2-4,9,19H,5-8,18H2,1H3. The predicted octanol–water partition coefficient (Wildman–Crippen LogP) is 2.86. The third-order valence-electron chi connectivity index (χ3n) is 3.82. The molecule has 0 radical (unpaired) electrons. The first-order valence-electron chi connectivity index (χ1n) is 6.80. The summed E-state index contributed by atoms with van der Waals surface area (Å²) >= 11 is 0. The maximum absolute atomic E-state index is 13.0. The van der Waals surface area contributed by atoms with Gasteiger partial charge in [-0.1, -0.05) is 13.0 Å². The summed E-state index contributed by atoms with van der Waals surface area (Å²) in [5.74, 6) is 5.33. The minimum Gasteiger partial charge on any atom is -0.339 e. The number of nitrogens with one attached hydrogen (secondary N) is 1. The van der Waals surface area contributed by atoms with E-state index >= 15 is 0 Å². The topological polar surface area (TPSA) is 58.4 Å². The van der Waals surface area contributed by atoms with E-state index in [4.69, 9.17) is 5.84 Å². The van der Waals surface area contributed by atoms with Gasteiger partial charge in [-0.05, 0) is 30.9 Å². The molecule has 2 rings (SSSR count). The van der Waals surface area contributed by atoms with Crippen LogP contribution in [-0.4, -0.2) is 23.9 Å². The minimum absolute atomic E-state index is 0.0399. The summed E-state index contributed by atoms with van der Waals surface area (Å²) in [4.78, 5) is 14.0. The third-order valence-corrected chi connectivity index (χ3v) is 3.82. The molecule has 1 amide bonds. The number of nitrogen functional groups attached to an aromatic ring is 1. The minimum atomic E-state index is -4.56. The molecule has 1 heterocycles. The maximum atomic E-state index is 13.0. The highest BCUT2D eigenvalue weighted by atomic mass is 19.4. The Morgan fingerprint density at radius 1 is 1.33 bits per heavy atom. The first-order chi connectivity index (χ1) is 9.84. The molecular formula is C14H18F3N3O. The molecule has 0 spiro atoms. The SMILES string of the molecule is CC1CCN(C(=O)c2cccc(C(F)(F)F)c2NN)CC1. The molecule has 1 saturated heterocycles. The molecule has 0 atom stereocenters. The molecule has 4 nitrogen and oxygen atoms in total. The molecular weight excluding hydrogens is 283 g/mol. The number of likely N-dealkylation sites (tertiary alicyclic amines) is 1. The Labute approximate surface area is 121 Å². The molecule has 0 aromatic heterocycles. The highest BCUT2D eigenvalue weighted by molar-refractivity contribution is 6.00. The van der Waals surface area contributed by atoms with Crippen LogP contribution in [0.1, 0.15) is 35.7 Å². The number of piperidine rings is 1. The highest BCUT2D eigenvalue weighted by Gasteiger charge is 2.36. The number of halogens is 3. The van der Waals surface area contributed by atoms with Gasteiger partial charge in [0.2, 0.25) is 0 Å². The van der Waals surface area contributed by atoms with Crippen LogP contribution in [-0.2, 0) is 6.18 Å². The van der Waals surface area contributed by atoms with E-state index in [1.165, 1.54) is 12.1 Å². The third kappa shape index (κ3) is 3.29. The molecule has 3 N–H and O–H groups in total. The van der Waals surface area contributed by atoms with Crippen LogP contribution in [0.25, 0.3) is 0 Å². The number of anilines is 1. The number of nitrogens with two attached hydrogens (primary N) is 1. The van der Waals surface area contributed by atoms with Crippen molar-refractivity contribution in [2.75, 3.05) is 18.5 Å². The Hall–Kier alpha value is -1.76. The molecule has 1 fully saturated rings. The van der Waals surface area contributed by atoms with E-state index in [2.05, 4.69) is 6.92 Å². The summed E-state index contributed by atoms with van der Waals surface area (Å²) in [5.41, 5.74) is 0.696. The number of nitrogens with zero attached hydrogens (tertiary/aromatic N) is 1. The maximum Gasteiger partial charge on any atom is 0.418 e. The largest absolute Gasteiger partial charge is 0.418 e. The summed E-state index contributed by atoms with van der Waals surface area (Å²) in [6.45, 7) is 3.21. The van der Waals surface area contributed by atoms with Crippen LogP contribution in [0, 0.1) is 5.92 Å². The monoisotopic (exact) mass is 301 g/mol. The number of alkyl halides is 3. The number of hydrogen-bond donors (Lipinski definition) is 2. The fourth-order valence-corrected chi connectivity index (χ4v) is 2.50. The van der Waals surface area contributed by atoms with Crippen molar-refractivity contribution in [1.29, 1.82) is 0 Å². The van der Waals surface area contributed by atoms with Crippen LogP contribution in [0.2, 0.25) is 0 Å². The summed E-state index contributed by atoms with van der Waals surface area (Å²) < 4.78 is 38.9. The number of benzene rings is 1. The smallest absolute Gasteiger partial charge is 0.339 e. The van der Waals surface area contributed by atoms with Gasteiger partial charge in [-0.25, -0.2) is 0 Å². The van der Waals surface area contributed by atoms with E-state index < -0.39 is 17.6 Å². The van der Waals surface area contributed by atoms with Crippen LogP contribution in [0.5, 0.6) is 0 Å². The zero-order valence-corrected chi connectivity index (χ0v) is 11.7. The lowest BCUT2D eigenvalue weighted by Gasteiger charge is -2.31. The second-order valence-electron chi connectivity index (χ2n) is 5.34. The number of hydrazine groups is 1. The van der Waals surface area contributed by atoms with E-state index in [0.29, 0.717) is 19.0 Å². The summed E-state index contributed by atoms with van der Waals surface area (Å²) in [6, 6.07) is 3.50. The lowest BCUT2D eigenvalue weighted by molar-refractivity contribution is -0.137. The van der Waals surface area contributed by atoms with Gasteiger partial charge in [0, 0.05) is 13.1 Å². The number of hydrogen-bond acceptors (Lipinski definition) is 3. The summed E-state index contributed by atoms with van der Waals surface area (Å²) in [6.07, 6.45) is -2.85. The quantitative estimate of drug-likeness (QED) is 0.652. The van der Waals surface area contributed by atoms with Crippen molar-refractivity contribution in [2.24, 2.45) is 11.8 Å². The van der Waals surface area contributed by atoms with E-state index in [9.17, 15) is 18.0 Å². The Morgan fingerprint density at radius 2 is 1.95 bits per heavy atom. The van der Waals surface area contributed by atoms with Gasteiger partial charge < -0.3 is 10.3 Å². The first kappa shape index (κ1) is 15.6. The molecule has 21 heavy (non-hydrogen) atoms. The molecule has 7 heteroatoms. The molecule has 1 aliphatic rings. The summed E-state index contributed by atoms with van der Waals surface area (Å²) in [5, 5.41) is 0. The highest BCUT2D eigenvalue weighted by Crippen LogP contribution is 2.36. The van der Waals surface area contributed by atoms with Crippen LogP contribution < -0.4 is 11.3 Å².